The van der Waals surface area contributed by atoms with Gasteiger partial charge < -0.3 is 13.9 Å². The summed E-state index contributed by atoms with van der Waals surface area (Å²) in [7, 11) is 1.66. The average Bonchev–Trinajstić information content (AvgIpc) is 3.07. The van der Waals surface area contributed by atoms with Crippen LogP contribution in [0.15, 0.2) is 41.0 Å². The number of rotatable bonds is 3. The monoisotopic (exact) mass is 310 g/mol. The maximum Gasteiger partial charge on any atom is 0.142 e. The SMILES string of the molecule is COc1ccc2c3c(c(C)nc2c1)CN(Cc1ccco1)CO3. The molecule has 3 heterocycles. The number of methoxy groups -OCH3 is 1. The second-order valence-corrected chi connectivity index (χ2v) is 5.73. The Morgan fingerprint density at radius 3 is 3.00 bits per heavy atom. The van der Waals surface area contributed by atoms with Gasteiger partial charge in [0.15, 0.2) is 0 Å². The van der Waals surface area contributed by atoms with Crippen molar-refractivity contribution in [2.24, 2.45) is 0 Å². The molecule has 0 fully saturated rings. The highest BCUT2D eigenvalue weighted by Gasteiger charge is 2.23. The molecule has 1 aliphatic rings. The minimum Gasteiger partial charge on any atom is -0.497 e. The minimum absolute atomic E-state index is 0.540. The summed E-state index contributed by atoms with van der Waals surface area (Å²) >= 11 is 0. The van der Waals surface area contributed by atoms with Gasteiger partial charge in [-0.1, -0.05) is 0 Å². The Morgan fingerprint density at radius 1 is 1.30 bits per heavy atom. The number of pyridine rings is 1. The summed E-state index contributed by atoms with van der Waals surface area (Å²) in [4.78, 5) is 6.92. The molecule has 5 nitrogen and oxygen atoms in total. The van der Waals surface area contributed by atoms with E-state index in [1.54, 1.807) is 13.4 Å². The third-order valence-electron chi connectivity index (χ3n) is 4.18. The first-order valence-electron chi connectivity index (χ1n) is 7.59. The summed E-state index contributed by atoms with van der Waals surface area (Å²) in [5.41, 5.74) is 3.03. The summed E-state index contributed by atoms with van der Waals surface area (Å²) < 4.78 is 16.8. The highest BCUT2D eigenvalue weighted by Crippen LogP contribution is 2.36. The lowest BCUT2D eigenvalue weighted by atomic mass is 10.1. The van der Waals surface area contributed by atoms with Crippen molar-refractivity contribution in [3.05, 3.63) is 53.6 Å². The van der Waals surface area contributed by atoms with Crippen molar-refractivity contribution in [3.8, 4) is 11.5 Å². The molecule has 0 spiro atoms. The molecule has 23 heavy (non-hydrogen) atoms. The van der Waals surface area contributed by atoms with E-state index in [1.165, 1.54) is 0 Å². The van der Waals surface area contributed by atoms with Crippen molar-refractivity contribution in [3.63, 3.8) is 0 Å². The molecule has 1 aromatic carbocycles. The van der Waals surface area contributed by atoms with Gasteiger partial charge in [0.25, 0.3) is 0 Å². The van der Waals surface area contributed by atoms with Crippen LogP contribution in [-0.4, -0.2) is 23.7 Å². The molecule has 1 aliphatic heterocycles. The van der Waals surface area contributed by atoms with Gasteiger partial charge >= 0.3 is 0 Å². The third-order valence-corrected chi connectivity index (χ3v) is 4.18. The van der Waals surface area contributed by atoms with Crippen LogP contribution in [0, 0.1) is 6.92 Å². The molecule has 2 aromatic heterocycles. The van der Waals surface area contributed by atoms with Gasteiger partial charge in [-0.05, 0) is 31.2 Å². The number of aromatic nitrogens is 1. The number of furan rings is 1. The Bertz CT molecular complexity index is 843. The number of benzene rings is 1. The van der Waals surface area contributed by atoms with Gasteiger partial charge in [0.05, 0.1) is 25.4 Å². The first-order valence-corrected chi connectivity index (χ1v) is 7.59. The molecule has 0 saturated heterocycles. The molecule has 0 amide bonds. The van der Waals surface area contributed by atoms with E-state index < -0.39 is 0 Å². The summed E-state index contributed by atoms with van der Waals surface area (Å²) in [5.74, 6) is 2.68. The van der Waals surface area contributed by atoms with Crippen LogP contribution in [0.4, 0.5) is 0 Å². The Balaban J connectivity index is 1.70. The lowest BCUT2D eigenvalue weighted by Gasteiger charge is -2.30. The molecular formula is C18H18N2O3. The summed E-state index contributed by atoms with van der Waals surface area (Å²) in [5, 5.41) is 1.03. The maximum atomic E-state index is 6.06. The zero-order chi connectivity index (χ0) is 15.8. The first kappa shape index (κ1) is 14.1. The lowest BCUT2D eigenvalue weighted by molar-refractivity contribution is 0.0832. The molecule has 118 valence electrons. The maximum absolute atomic E-state index is 6.06. The van der Waals surface area contributed by atoms with Crippen molar-refractivity contribution in [1.82, 2.24) is 9.88 Å². The van der Waals surface area contributed by atoms with Crippen LogP contribution in [0.25, 0.3) is 10.9 Å². The van der Waals surface area contributed by atoms with Crippen LogP contribution >= 0.6 is 0 Å². The van der Waals surface area contributed by atoms with Gasteiger partial charge in [0.1, 0.15) is 24.0 Å². The van der Waals surface area contributed by atoms with E-state index in [4.69, 9.17) is 18.9 Å². The number of ether oxygens (including phenoxy) is 2. The van der Waals surface area contributed by atoms with Gasteiger partial charge in [-0.25, -0.2) is 0 Å². The van der Waals surface area contributed by atoms with Crippen LogP contribution in [0.1, 0.15) is 17.0 Å². The van der Waals surface area contributed by atoms with Crippen molar-refractivity contribution >= 4 is 10.9 Å². The number of nitrogens with zero attached hydrogens (tertiary/aromatic N) is 2. The van der Waals surface area contributed by atoms with Crippen LogP contribution in [-0.2, 0) is 13.1 Å². The number of fused-ring (bicyclic) bond motifs is 3. The second-order valence-electron chi connectivity index (χ2n) is 5.73. The van der Waals surface area contributed by atoms with E-state index in [0.29, 0.717) is 6.73 Å². The first-order chi connectivity index (χ1) is 11.2. The molecular weight excluding hydrogens is 292 g/mol. The van der Waals surface area contributed by atoms with Gasteiger partial charge in [0.2, 0.25) is 0 Å². The van der Waals surface area contributed by atoms with Crippen LogP contribution < -0.4 is 9.47 Å². The molecule has 0 radical (unpaired) electrons. The largest absolute Gasteiger partial charge is 0.497 e. The van der Waals surface area contributed by atoms with Gasteiger partial charge in [-0.15, -0.1) is 0 Å². The molecule has 0 bridgehead atoms. The smallest absolute Gasteiger partial charge is 0.142 e. The molecule has 0 unspecified atom stereocenters. The zero-order valence-corrected chi connectivity index (χ0v) is 13.2. The molecule has 0 saturated carbocycles. The quantitative estimate of drug-likeness (QED) is 0.741. The van der Waals surface area contributed by atoms with Gasteiger partial charge in [-0.2, -0.15) is 0 Å². The van der Waals surface area contributed by atoms with E-state index >= 15 is 0 Å². The van der Waals surface area contributed by atoms with Crippen molar-refractivity contribution in [1.29, 1.82) is 0 Å². The second kappa shape index (κ2) is 5.59. The minimum atomic E-state index is 0.540. The Hall–Kier alpha value is -2.53. The fraction of sp³-hybridized carbons (Fsp3) is 0.278. The fourth-order valence-electron chi connectivity index (χ4n) is 3.00. The number of hydrogen-bond donors (Lipinski definition) is 0. The fourth-order valence-corrected chi connectivity index (χ4v) is 3.00. The van der Waals surface area contributed by atoms with Crippen molar-refractivity contribution in [2.75, 3.05) is 13.8 Å². The average molecular weight is 310 g/mol. The predicted molar refractivity (Wildman–Crippen MR) is 86.5 cm³/mol. The molecule has 4 rings (SSSR count). The van der Waals surface area contributed by atoms with E-state index in [9.17, 15) is 0 Å². The third kappa shape index (κ3) is 2.53. The molecule has 3 aromatic rings. The highest BCUT2D eigenvalue weighted by atomic mass is 16.5. The number of aryl methyl sites for hydroxylation is 1. The van der Waals surface area contributed by atoms with E-state index in [1.807, 2.05) is 37.3 Å². The normalized spacial score (nSPS) is 14.5. The number of hydrogen-bond acceptors (Lipinski definition) is 5. The summed E-state index contributed by atoms with van der Waals surface area (Å²) in [6.07, 6.45) is 1.70. The van der Waals surface area contributed by atoms with Gasteiger partial charge in [0, 0.05) is 29.3 Å². The Labute approximate surface area is 134 Å². The van der Waals surface area contributed by atoms with Crippen LogP contribution in [0.3, 0.4) is 0 Å². The van der Waals surface area contributed by atoms with Crippen LogP contribution in [0.5, 0.6) is 11.5 Å². The lowest BCUT2D eigenvalue weighted by Crippen LogP contribution is -2.32. The zero-order valence-electron chi connectivity index (χ0n) is 13.2. The summed E-state index contributed by atoms with van der Waals surface area (Å²) in [6, 6.07) is 9.79. The van der Waals surface area contributed by atoms with Crippen LogP contribution in [0.2, 0.25) is 0 Å². The van der Waals surface area contributed by atoms with E-state index in [2.05, 4.69) is 4.90 Å². The predicted octanol–water partition coefficient (Wildman–Crippen LogP) is 3.50. The van der Waals surface area contributed by atoms with Gasteiger partial charge in [-0.3, -0.25) is 9.88 Å². The topological polar surface area (TPSA) is 47.7 Å². The van der Waals surface area contributed by atoms with E-state index in [-0.39, 0.29) is 0 Å². The van der Waals surface area contributed by atoms with E-state index in [0.717, 1.165) is 52.5 Å². The molecule has 5 heteroatoms. The molecule has 0 N–H and O–H groups in total. The Kier molecular flexibility index (Phi) is 3.42. The standard InChI is InChI=1S/C18H18N2O3/c1-12-16-10-20(9-14-4-3-7-22-14)11-23-18(16)15-6-5-13(21-2)8-17(15)19-12/h3-8H,9-11H2,1-2H3. The molecule has 0 atom stereocenters. The van der Waals surface area contributed by atoms with Crippen molar-refractivity contribution in [2.45, 2.75) is 20.0 Å². The van der Waals surface area contributed by atoms with Crippen molar-refractivity contribution < 1.29 is 13.9 Å². The summed E-state index contributed by atoms with van der Waals surface area (Å²) in [6.45, 7) is 4.10. The Morgan fingerprint density at radius 2 is 2.22 bits per heavy atom. The molecule has 0 aliphatic carbocycles. The highest BCUT2D eigenvalue weighted by molar-refractivity contribution is 5.88.